The minimum atomic E-state index is -0.903. The number of unbranched alkanes of at least 4 members (excludes halogenated alkanes) is 1. The molecule has 1 rings (SSSR count). The van der Waals surface area contributed by atoms with Gasteiger partial charge in [-0.1, -0.05) is 27.2 Å². The van der Waals surface area contributed by atoms with Crippen LogP contribution >= 0.6 is 0 Å². The molecule has 0 saturated carbocycles. The van der Waals surface area contributed by atoms with Crippen molar-refractivity contribution in [3.63, 3.8) is 0 Å². The molecule has 0 atom stereocenters. The van der Waals surface area contributed by atoms with Gasteiger partial charge in [0, 0.05) is 12.7 Å². The smallest absolute Gasteiger partial charge is 0.150 e. The first-order chi connectivity index (χ1) is 10.9. The predicted octanol–water partition coefficient (Wildman–Crippen LogP) is 3.06. The molecule has 0 unspecified atom stereocenters. The van der Waals surface area contributed by atoms with Crippen molar-refractivity contribution in [3.05, 3.63) is 29.8 Å². The molecule has 0 fully saturated rings. The van der Waals surface area contributed by atoms with Crippen LogP contribution in [0.2, 0.25) is 0 Å². The lowest BCUT2D eigenvalue weighted by molar-refractivity contribution is 0.0183. The Labute approximate surface area is 140 Å². The van der Waals surface area contributed by atoms with Gasteiger partial charge in [-0.15, -0.1) is 0 Å². The molecule has 0 aromatic heterocycles. The Morgan fingerprint density at radius 3 is 1.87 bits per heavy atom. The van der Waals surface area contributed by atoms with Gasteiger partial charge in [-0.2, -0.15) is 0 Å². The molecule has 1 aromatic rings. The van der Waals surface area contributed by atoms with E-state index in [4.69, 9.17) is 20.1 Å². The average Bonchev–Trinajstić information content (AvgIpc) is 2.59. The number of carbonyl (C=O) groups is 1. The van der Waals surface area contributed by atoms with Crippen molar-refractivity contribution in [2.75, 3.05) is 20.3 Å². The van der Waals surface area contributed by atoms with E-state index in [2.05, 4.69) is 6.92 Å². The number of benzene rings is 1. The van der Waals surface area contributed by atoms with Crippen LogP contribution in [0.1, 0.15) is 57.8 Å². The number of aldehydes is 1. The van der Waals surface area contributed by atoms with Gasteiger partial charge in [-0.3, -0.25) is 4.79 Å². The first kappa shape index (κ1) is 26.5. The quantitative estimate of drug-likeness (QED) is 0.551. The van der Waals surface area contributed by atoms with Gasteiger partial charge in [0.25, 0.3) is 0 Å². The normalized spacial score (nSPS) is 9.09. The van der Waals surface area contributed by atoms with E-state index in [9.17, 15) is 4.79 Å². The molecule has 3 N–H and O–H groups in total. The van der Waals surface area contributed by atoms with E-state index in [0.717, 1.165) is 38.6 Å². The molecule has 0 aliphatic carbocycles. The van der Waals surface area contributed by atoms with Crippen LogP contribution in [0.25, 0.3) is 0 Å². The Hall–Kier alpha value is -1.43. The zero-order chi connectivity index (χ0) is 18.7. The molecule has 23 heavy (non-hydrogen) atoms. The van der Waals surface area contributed by atoms with Gasteiger partial charge >= 0.3 is 0 Å². The molecular weight excluding hydrogens is 296 g/mol. The highest BCUT2D eigenvalue weighted by Gasteiger charge is 2.07. The lowest BCUT2D eigenvalue weighted by Gasteiger charge is -2.10. The summed E-state index contributed by atoms with van der Waals surface area (Å²) in [7, 11) is 1.00. The number of ether oxygens (including phenoxy) is 1. The first-order valence-electron chi connectivity index (χ1n) is 7.89. The van der Waals surface area contributed by atoms with E-state index in [-0.39, 0.29) is 6.61 Å². The second-order valence-electron chi connectivity index (χ2n) is 4.86. The van der Waals surface area contributed by atoms with Gasteiger partial charge in [0.05, 0.1) is 18.8 Å². The highest BCUT2D eigenvalue weighted by molar-refractivity contribution is 5.74. The summed E-state index contributed by atoms with van der Waals surface area (Å²) < 4.78 is 5.43. The van der Waals surface area contributed by atoms with Gasteiger partial charge in [0.1, 0.15) is 12.0 Å². The van der Waals surface area contributed by atoms with Crippen molar-refractivity contribution in [2.45, 2.75) is 53.1 Å². The van der Waals surface area contributed by atoms with Gasteiger partial charge in [0.2, 0.25) is 0 Å². The second kappa shape index (κ2) is 18.6. The fourth-order valence-corrected chi connectivity index (χ4v) is 0.977. The molecule has 136 valence electrons. The van der Waals surface area contributed by atoms with E-state index < -0.39 is 5.60 Å². The Morgan fingerprint density at radius 2 is 1.57 bits per heavy atom. The molecule has 0 saturated heterocycles. The van der Waals surface area contributed by atoms with Crippen molar-refractivity contribution in [1.29, 1.82) is 0 Å². The van der Waals surface area contributed by atoms with Gasteiger partial charge in [-0.05, 0) is 44.5 Å². The summed E-state index contributed by atoms with van der Waals surface area (Å²) in [5, 5.41) is 23.7. The molecule has 0 amide bonds. The van der Waals surface area contributed by atoms with Crippen LogP contribution in [0.15, 0.2) is 24.3 Å². The largest absolute Gasteiger partial charge is 0.494 e. The van der Waals surface area contributed by atoms with Crippen LogP contribution in [-0.2, 0) is 0 Å². The van der Waals surface area contributed by atoms with Crippen LogP contribution in [-0.4, -0.2) is 47.5 Å². The van der Waals surface area contributed by atoms with Crippen molar-refractivity contribution in [2.24, 2.45) is 0 Å². The summed E-state index contributed by atoms with van der Waals surface area (Å²) in [6.07, 6.45) is 3.03. The molecule has 0 radical (unpaired) electrons. The number of carbonyl (C=O) groups excluding carboxylic acids is 1. The van der Waals surface area contributed by atoms with Crippen LogP contribution in [0.5, 0.6) is 5.75 Å². The zero-order valence-electron chi connectivity index (χ0n) is 15.4. The molecule has 1 aromatic carbocycles. The summed E-state index contributed by atoms with van der Waals surface area (Å²) in [5.41, 5.74) is -0.220. The topological polar surface area (TPSA) is 87.0 Å². The molecule has 5 nitrogen and oxygen atoms in total. The fraction of sp³-hybridized carbons (Fsp3) is 0.611. The van der Waals surface area contributed by atoms with Gasteiger partial charge < -0.3 is 20.1 Å². The third-order valence-electron chi connectivity index (χ3n) is 2.17. The molecule has 0 aliphatic rings. The maximum Gasteiger partial charge on any atom is 0.150 e. The minimum absolute atomic E-state index is 0.174. The minimum Gasteiger partial charge on any atom is -0.494 e. The van der Waals surface area contributed by atoms with E-state index in [0.29, 0.717) is 5.56 Å². The summed E-state index contributed by atoms with van der Waals surface area (Å²) in [4.78, 5) is 10.3. The van der Waals surface area contributed by atoms with Crippen molar-refractivity contribution in [1.82, 2.24) is 0 Å². The molecule has 0 bridgehead atoms. The summed E-state index contributed by atoms with van der Waals surface area (Å²) in [5.74, 6) is 0.832. The Kier molecular flexibility index (Phi) is 21.4. The lowest BCUT2D eigenvalue weighted by Crippen LogP contribution is -2.23. The number of hydrogen-bond donors (Lipinski definition) is 3. The monoisotopic (exact) mass is 330 g/mol. The van der Waals surface area contributed by atoms with Crippen molar-refractivity contribution >= 4 is 6.29 Å². The number of aliphatic hydroxyl groups excluding tert-OH is 2. The summed E-state index contributed by atoms with van der Waals surface area (Å²) in [6.45, 7) is 9.79. The Bertz CT molecular complexity index is 341. The number of aliphatic hydroxyl groups is 3. The maximum atomic E-state index is 10.3. The van der Waals surface area contributed by atoms with Crippen LogP contribution in [0, 0.1) is 0 Å². The Morgan fingerprint density at radius 1 is 1.13 bits per heavy atom. The SMILES string of the molecule is CC.CC(C)(O)CO.CCCCOc1ccc(C=O)cc1.CO. The van der Waals surface area contributed by atoms with Crippen LogP contribution in [0.4, 0.5) is 0 Å². The van der Waals surface area contributed by atoms with E-state index in [1.807, 2.05) is 26.0 Å². The zero-order valence-corrected chi connectivity index (χ0v) is 15.4. The standard InChI is InChI=1S/C11H14O2.C4H10O2.C2H6.CH4O/c1-2-3-8-13-11-6-4-10(9-12)5-7-11;1-4(2,6)3-5;2*1-2/h4-7,9H,2-3,8H2,1H3;5-6H,3H2,1-2H3;1-2H3;2H,1H3. The number of rotatable bonds is 6. The third-order valence-corrected chi connectivity index (χ3v) is 2.17. The molecule has 0 spiro atoms. The van der Waals surface area contributed by atoms with E-state index in [1.165, 1.54) is 0 Å². The van der Waals surface area contributed by atoms with E-state index in [1.54, 1.807) is 26.0 Å². The lowest BCUT2D eigenvalue weighted by atomic mass is 10.2. The first-order valence-corrected chi connectivity index (χ1v) is 7.89. The average molecular weight is 330 g/mol. The fourth-order valence-electron chi connectivity index (χ4n) is 0.977. The summed E-state index contributed by atoms with van der Waals surface area (Å²) >= 11 is 0. The van der Waals surface area contributed by atoms with Crippen molar-refractivity contribution in [3.8, 4) is 5.75 Å². The molecule has 0 aliphatic heterocycles. The third kappa shape index (κ3) is 20.6. The van der Waals surface area contributed by atoms with Gasteiger partial charge in [-0.25, -0.2) is 0 Å². The highest BCUT2D eigenvalue weighted by atomic mass is 16.5. The molecular formula is C18H34O5. The van der Waals surface area contributed by atoms with Crippen LogP contribution in [0.3, 0.4) is 0 Å². The summed E-state index contributed by atoms with van der Waals surface area (Å²) in [6, 6.07) is 7.15. The second-order valence-corrected chi connectivity index (χ2v) is 4.86. The van der Waals surface area contributed by atoms with E-state index >= 15 is 0 Å². The molecule has 5 heteroatoms. The maximum absolute atomic E-state index is 10.3. The highest BCUT2D eigenvalue weighted by Crippen LogP contribution is 2.11. The molecule has 0 heterocycles. The van der Waals surface area contributed by atoms with Gasteiger partial charge in [0.15, 0.2) is 0 Å². The Balaban J connectivity index is -0.000000338. The van der Waals surface area contributed by atoms with Crippen LogP contribution < -0.4 is 4.74 Å². The van der Waals surface area contributed by atoms with Crippen molar-refractivity contribution < 1.29 is 24.9 Å². The predicted molar refractivity (Wildman–Crippen MR) is 95.1 cm³/mol. The number of hydrogen-bond acceptors (Lipinski definition) is 5.